The number of hydrogen-bond acceptors (Lipinski definition) is 6. The quantitative estimate of drug-likeness (QED) is 0.422. The number of pyridine rings is 1. The van der Waals surface area contributed by atoms with Gasteiger partial charge in [0.05, 0.1) is 10.2 Å². The van der Waals surface area contributed by atoms with Crippen molar-refractivity contribution in [3.8, 4) is 10.6 Å². The van der Waals surface area contributed by atoms with Crippen LogP contribution in [0.15, 0.2) is 77.3 Å². The molecular formula is C20H13N3O2S3. The van der Waals surface area contributed by atoms with Gasteiger partial charge in [0.15, 0.2) is 0 Å². The Morgan fingerprint density at radius 1 is 0.964 bits per heavy atom. The summed E-state index contributed by atoms with van der Waals surface area (Å²) in [6.07, 6.45) is 3.49. The van der Waals surface area contributed by atoms with E-state index >= 15 is 0 Å². The number of thiophene rings is 1. The van der Waals surface area contributed by atoms with Crippen molar-refractivity contribution in [3.63, 3.8) is 0 Å². The largest absolute Gasteiger partial charge is 0.280 e. The molecule has 0 aliphatic carbocycles. The summed E-state index contributed by atoms with van der Waals surface area (Å²) in [6, 6.07) is 16.6. The molecule has 28 heavy (non-hydrogen) atoms. The number of benzene rings is 2. The molecule has 0 amide bonds. The Kier molecular flexibility index (Phi) is 4.12. The Hall–Kier alpha value is -2.81. The number of sulfonamides is 1. The average Bonchev–Trinajstić information content (AvgIpc) is 3.32. The highest BCUT2D eigenvalue weighted by Crippen LogP contribution is 2.33. The van der Waals surface area contributed by atoms with Crippen LogP contribution in [0.3, 0.4) is 0 Å². The Morgan fingerprint density at radius 2 is 1.86 bits per heavy atom. The average molecular weight is 424 g/mol. The van der Waals surface area contributed by atoms with Gasteiger partial charge >= 0.3 is 0 Å². The van der Waals surface area contributed by atoms with Crippen LogP contribution in [0.25, 0.3) is 30.9 Å². The first-order valence-corrected chi connectivity index (χ1v) is 11.6. The minimum Gasteiger partial charge on any atom is -0.280 e. The van der Waals surface area contributed by atoms with Crippen LogP contribution >= 0.6 is 22.7 Å². The molecule has 0 aliphatic heterocycles. The Labute approximate surface area is 169 Å². The van der Waals surface area contributed by atoms with E-state index in [2.05, 4.69) is 14.7 Å². The van der Waals surface area contributed by atoms with Gasteiger partial charge in [-0.2, -0.15) is 0 Å². The highest BCUT2D eigenvalue weighted by molar-refractivity contribution is 7.93. The molecule has 0 radical (unpaired) electrons. The third kappa shape index (κ3) is 3.05. The molecule has 8 heteroatoms. The molecule has 5 nitrogen and oxygen atoms in total. The highest BCUT2D eigenvalue weighted by atomic mass is 32.2. The molecule has 0 atom stereocenters. The van der Waals surface area contributed by atoms with Crippen molar-refractivity contribution in [2.45, 2.75) is 4.90 Å². The second kappa shape index (κ2) is 6.66. The number of aromatic nitrogens is 2. The van der Waals surface area contributed by atoms with Crippen LogP contribution < -0.4 is 4.72 Å². The van der Waals surface area contributed by atoms with Crippen LogP contribution in [0.1, 0.15) is 0 Å². The molecular weight excluding hydrogens is 410 g/mol. The standard InChI is InChI=1S/C20H13N3O2S3/c24-28(25,19-12-26-17-7-2-1-6-15(17)19)23-14-5-3-4-13(10-14)20-22-16-8-9-21-11-18(16)27-20/h1-12,23H. The van der Waals surface area contributed by atoms with Crippen molar-refractivity contribution in [3.05, 3.63) is 72.4 Å². The van der Waals surface area contributed by atoms with E-state index in [0.29, 0.717) is 10.6 Å². The lowest BCUT2D eigenvalue weighted by Crippen LogP contribution is -2.12. The SMILES string of the molecule is O=S(=O)(Nc1cccc(-c2nc3ccncc3s2)c1)c1csc2ccccc12. The molecule has 3 heterocycles. The first-order chi connectivity index (χ1) is 13.6. The molecule has 0 saturated heterocycles. The summed E-state index contributed by atoms with van der Waals surface area (Å²) < 4.78 is 30.5. The van der Waals surface area contributed by atoms with E-state index in [4.69, 9.17) is 0 Å². The van der Waals surface area contributed by atoms with Gasteiger partial charge in [-0.25, -0.2) is 13.4 Å². The zero-order chi connectivity index (χ0) is 19.1. The second-order valence-electron chi connectivity index (χ2n) is 6.14. The predicted octanol–water partition coefficient (Wildman–Crippen LogP) is 5.37. The van der Waals surface area contributed by atoms with Gasteiger partial charge in [-0.15, -0.1) is 22.7 Å². The van der Waals surface area contributed by atoms with Gasteiger partial charge in [-0.05, 0) is 24.3 Å². The molecule has 0 fully saturated rings. The fraction of sp³-hybridized carbons (Fsp3) is 0. The summed E-state index contributed by atoms with van der Waals surface area (Å²) >= 11 is 2.95. The molecule has 1 N–H and O–H groups in total. The maximum Gasteiger partial charge on any atom is 0.263 e. The zero-order valence-electron chi connectivity index (χ0n) is 14.4. The van der Waals surface area contributed by atoms with E-state index in [1.807, 2.05) is 42.5 Å². The summed E-state index contributed by atoms with van der Waals surface area (Å²) in [5.74, 6) is 0. The Morgan fingerprint density at radius 3 is 2.75 bits per heavy atom. The van der Waals surface area contributed by atoms with Crippen LogP contribution in [0.4, 0.5) is 5.69 Å². The van der Waals surface area contributed by atoms with Crippen LogP contribution in [-0.2, 0) is 10.0 Å². The monoisotopic (exact) mass is 423 g/mol. The number of thiazole rings is 1. The number of hydrogen-bond donors (Lipinski definition) is 1. The van der Waals surface area contributed by atoms with Crippen molar-refractivity contribution in [2.75, 3.05) is 4.72 Å². The smallest absolute Gasteiger partial charge is 0.263 e. The van der Waals surface area contributed by atoms with E-state index in [1.165, 1.54) is 22.7 Å². The predicted molar refractivity (Wildman–Crippen MR) is 115 cm³/mol. The fourth-order valence-corrected chi connectivity index (χ4v) is 6.47. The molecule has 0 unspecified atom stereocenters. The molecule has 0 spiro atoms. The minimum atomic E-state index is -3.69. The molecule has 5 aromatic rings. The lowest BCUT2D eigenvalue weighted by atomic mass is 10.2. The van der Waals surface area contributed by atoms with Crippen LogP contribution in [0.5, 0.6) is 0 Å². The van der Waals surface area contributed by atoms with Crippen molar-refractivity contribution in [1.82, 2.24) is 9.97 Å². The summed E-state index contributed by atoms with van der Waals surface area (Å²) in [7, 11) is -3.69. The third-order valence-electron chi connectivity index (χ3n) is 4.29. The van der Waals surface area contributed by atoms with Crippen molar-refractivity contribution in [2.24, 2.45) is 0 Å². The lowest BCUT2D eigenvalue weighted by molar-refractivity contribution is 0.602. The maximum atomic E-state index is 12.9. The molecule has 0 bridgehead atoms. The first kappa shape index (κ1) is 17.3. The van der Waals surface area contributed by atoms with Crippen LogP contribution in [0.2, 0.25) is 0 Å². The second-order valence-corrected chi connectivity index (χ2v) is 9.74. The number of nitrogens with zero attached hydrogens (tertiary/aromatic N) is 2. The molecule has 0 saturated carbocycles. The van der Waals surface area contributed by atoms with Gasteiger partial charge in [0.1, 0.15) is 9.90 Å². The van der Waals surface area contributed by atoms with Crippen molar-refractivity contribution in [1.29, 1.82) is 0 Å². The molecule has 5 rings (SSSR count). The van der Waals surface area contributed by atoms with E-state index in [9.17, 15) is 8.42 Å². The van der Waals surface area contributed by atoms with Crippen molar-refractivity contribution < 1.29 is 8.42 Å². The zero-order valence-corrected chi connectivity index (χ0v) is 16.8. The summed E-state index contributed by atoms with van der Waals surface area (Å²) in [5, 5.41) is 3.23. The number of rotatable bonds is 4. The van der Waals surface area contributed by atoms with Gasteiger partial charge in [0, 0.05) is 39.1 Å². The normalized spacial score (nSPS) is 11.9. The molecule has 2 aromatic carbocycles. The van der Waals surface area contributed by atoms with Gasteiger partial charge < -0.3 is 0 Å². The molecule has 0 aliphatic rings. The summed E-state index contributed by atoms with van der Waals surface area (Å²) in [6.45, 7) is 0. The topological polar surface area (TPSA) is 72.0 Å². The molecule has 138 valence electrons. The highest BCUT2D eigenvalue weighted by Gasteiger charge is 2.19. The first-order valence-electron chi connectivity index (χ1n) is 8.40. The van der Waals surface area contributed by atoms with E-state index < -0.39 is 10.0 Å². The third-order valence-corrected chi connectivity index (χ3v) is 7.88. The summed E-state index contributed by atoms with van der Waals surface area (Å²) in [5.41, 5.74) is 2.24. The minimum absolute atomic E-state index is 0.296. The van der Waals surface area contributed by atoms with Crippen molar-refractivity contribution >= 4 is 58.7 Å². The van der Waals surface area contributed by atoms with E-state index in [1.54, 1.807) is 29.9 Å². The fourth-order valence-electron chi connectivity index (χ4n) is 2.99. The van der Waals surface area contributed by atoms with E-state index in [0.717, 1.165) is 30.9 Å². The molecule has 3 aromatic heterocycles. The van der Waals surface area contributed by atoms with Gasteiger partial charge in [-0.3, -0.25) is 9.71 Å². The number of fused-ring (bicyclic) bond motifs is 2. The van der Waals surface area contributed by atoms with E-state index in [-0.39, 0.29) is 0 Å². The number of nitrogens with one attached hydrogen (secondary N) is 1. The number of anilines is 1. The van der Waals surface area contributed by atoms with Crippen LogP contribution in [0, 0.1) is 0 Å². The van der Waals surface area contributed by atoms with Gasteiger partial charge in [0.25, 0.3) is 10.0 Å². The summed E-state index contributed by atoms with van der Waals surface area (Å²) in [4.78, 5) is 9.03. The van der Waals surface area contributed by atoms with Crippen LogP contribution in [-0.4, -0.2) is 18.4 Å². The lowest BCUT2D eigenvalue weighted by Gasteiger charge is -2.08. The van der Waals surface area contributed by atoms with Gasteiger partial charge in [-0.1, -0.05) is 30.3 Å². The van der Waals surface area contributed by atoms with Gasteiger partial charge in [0.2, 0.25) is 0 Å². The Bertz CT molecular complexity index is 1390. The Balaban J connectivity index is 1.51. The maximum absolute atomic E-state index is 12.9.